The van der Waals surface area contributed by atoms with Crippen LogP contribution in [-0.4, -0.2) is 22.4 Å². The van der Waals surface area contributed by atoms with E-state index in [0.29, 0.717) is 12.8 Å². The molecule has 0 amide bonds. The fraction of sp³-hybridized carbons (Fsp3) is 0.636. The summed E-state index contributed by atoms with van der Waals surface area (Å²) in [7, 11) is 0. The fourth-order valence-corrected chi connectivity index (χ4v) is 2.03. The van der Waals surface area contributed by atoms with Gasteiger partial charge in [-0.2, -0.15) is 0 Å². The van der Waals surface area contributed by atoms with Gasteiger partial charge in [-0.15, -0.1) is 0 Å². The zero-order valence-electron chi connectivity index (χ0n) is 8.11. The molecule has 2 heteroatoms. The van der Waals surface area contributed by atoms with Gasteiger partial charge in [0.1, 0.15) is 0 Å². The molecule has 0 saturated heterocycles. The van der Waals surface area contributed by atoms with Crippen molar-refractivity contribution in [2.45, 2.75) is 38.4 Å². The van der Waals surface area contributed by atoms with Gasteiger partial charge in [-0.1, -0.05) is 31.2 Å². The molecule has 0 aromatic carbocycles. The maximum atomic E-state index is 9.70. The van der Waals surface area contributed by atoms with Crippen molar-refractivity contribution in [1.82, 2.24) is 0 Å². The highest BCUT2D eigenvalue weighted by molar-refractivity contribution is 5.15. The van der Waals surface area contributed by atoms with Crippen LogP contribution in [0.1, 0.15) is 26.2 Å². The summed E-state index contributed by atoms with van der Waals surface area (Å²) in [6.07, 6.45) is 5.02. The molecule has 0 spiro atoms. The van der Waals surface area contributed by atoms with Crippen LogP contribution in [0.5, 0.6) is 0 Å². The van der Waals surface area contributed by atoms with Gasteiger partial charge in [0.2, 0.25) is 0 Å². The summed E-state index contributed by atoms with van der Waals surface area (Å²) in [6, 6.07) is 0. The van der Waals surface area contributed by atoms with Crippen LogP contribution in [0, 0.1) is 5.92 Å². The van der Waals surface area contributed by atoms with Crippen molar-refractivity contribution in [3.05, 3.63) is 24.3 Å². The van der Waals surface area contributed by atoms with Crippen LogP contribution in [0.3, 0.4) is 0 Å². The molecule has 13 heavy (non-hydrogen) atoms. The molecular formula is C11H18O2. The second-order valence-electron chi connectivity index (χ2n) is 3.68. The summed E-state index contributed by atoms with van der Waals surface area (Å²) in [4.78, 5) is 0. The zero-order chi connectivity index (χ0) is 9.84. The summed E-state index contributed by atoms with van der Waals surface area (Å²) in [5.41, 5.74) is 1.10. The molecule has 1 rings (SSSR count). The number of aliphatic hydroxyl groups excluding tert-OH is 2. The Hall–Kier alpha value is -0.600. The van der Waals surface area contributed by atoms with Crippen molar-refractivity contribution in [2.24, 2.45) is 5.92 Å². The second-order valence-corrected chi connectivity index (χ2v) is 3.68. The average Bonchev–Trinajstić information content (AvgIpc) is 2.04. The van der Waals surface area contributed by atoms with Crippen LogP contribution in [-0.2, 0) is 0 Å². The molecule has 2 N–H and O–H groups in total. The van der Waals surface area contributed by atoms with E-state index in [-0.39, 0.29) is 18.1 Å². The van der Waals surface area contributed by atoms with Gasteiger partial charge in [0, 0.05) is 5.92 Å². The van der Waals surface area contributed by atoms with Crippen molar-refractivity contribution in [3.8, 4) is 0 Å². The average molecular weight is 182 g/mol. The van der Waals surface area contributed by atoms with Gasteiger partial charge in [0.15, 0.2) is 0 Å². The molecule has 0 bridgehead atoms. The number of hydrogen-bond donors (Lipinski definition) is 2. The van der Waals surface area contributed by atoms with Crippen molar-refractivity contribution < 1.29 is 10.2 Å². The summed E-state index contributed by atoms with van der Waals surface area (Å²) >= 11 is 0. The molecule has 74 valence electrons. The quantitative estimate of drug-likeness (QED) is 0.681. The van der Waals surface area contributed by atoms with Crippen LogP contribution < -0.4 is 0 Å². The first kappa shape index (κ1) is 10.5. The summed E-state index contributed by atoms with van der Waals surface area (Å²) < 4.78 is 0. The van der Waals surface area contributed by atoms with E-state index in [4.69, 9.17) is 0 Å². The highest BCUT2D eigenvalue weighted by Gasteiger charge is 2.31. The third kappa shape index (κ3) is 2.42. The molecular weight excluding hydrogens is 164 g/mol. The minimum atomic E-state index is -0.389. The minimum Gasteiger partial charge on any atom is -0.392 e. The first-order valence-electron chi connectivity index (χ1n) is 4.85. The smallest absolute Gasteiger partial charge is 0.0630 e. The van der Waals surface area contributed by atoms with E-state index in [1.165, 1.54) is 0 Å². The Balaban J connectivity index is 2.66. The van der Waals surface area contributed by atoms with Gasteiger partial charge < -0.3 is 10.2 Å². The second kappa shape index (κ2) is 4.58. The van der Waals surface area contributed by atoms with E-state index in [9.17, 15) is 10.2 Å². The first-order valence-corrected chi connectivity index (χ1v) is 4.85. The van der Waals surface area contributed by atoms with E-state index >= 15 is 0 Å². The van der Waals surface area contributed by atoms with Crippen LogP contribution in [0.2, 0.25) is 0 Å². The largest absolute Gasteiger partial charge is 0.392 e. The standard InChI is InChI=1S/C11H18O2/c1-3-5-8-6-10(12)9(4-2)11(13)7-8/h3,5,9-13H,1,4,6-7H2,2H3. The maximum absolute atomic E-state index is 9.70. The van der Waals surface area contributed by atoms with Crippen molar-refractivity contribution in [1.29, 1.82) is 0 Å². The van der Waals surface area contributed by atoms with Crippen LogP contribution >= 0.6 is 0 Å². The molecule has 0 radical (unpaired) electrons. The van der Waals surface area contributed by atoms with E-state index in [2.05, 4.69) is 6.58 Å². The van der Waals surface area contributed by atoms with Gasteiger partial charge in [-0.3, -0.25) is 0 Å². The Labute approximate surface area is 79.6 Å². The van der Waals surface area contributed by atoms with Crippen molar-refractivity contribution in [2.75, 3.05) is 0 Å². The molecule has 2 unspecified atom stereocenters. The minimum absolute atomic E-state index is 0.0435. The molecule has 0 aromatic heterocycles. The van der Waals surface area contributed by atoms with Gasteiger partial charge in [0.05, 0.1) is 12.2 Å². The Morgan fingerprint density at radius 2 is 1.92 bits per heavy atom. The number of aliphatic hydroxyl groups is 2. The number of allylic oxidation sites excluding steroid dienone is 2. The van der Waals surface area contributed by atoms with Gasteiger partial charge in [0.25, 0.3) is 0 Å². The molecule has 1 aliphatic rings. The highest BCUT2D eigenvalue weighted by Crippen LogP contribution is 2.30. The van der Waals surface area contributed by atoms with E-state index in [1.54, 1.807) is 6.08 Å². The van der Waals surface area contributed by atoms with Crippen LogP contribution in [0.25, 0.3) is 0 Å². The zero-order valence-corrected chi connectivity index (χ0v) is 8.11. The summed E-state index contributed by atoms with van der Waals surface area (Å²) in [5.74, 6) is 0.0435. The van der Waals surface area contributed by atoms with Crippen LogP contribution in [0.4, 0.5) is 0 Å². The molecule has 1 saturated carbocycles. The Morgan fingerprint density at radius 1 is 1.38 bits per heavy atom. The predicted molar refractivity (Wildman–Crippen MR) is 53.3 cm³/mol. The lowest BCUT2D eigenvalue weighted by Crippen LogP contribution is -2.36. The molecule has 1 aliphatic carbocycles. The SMILES string of the molecule is C=CC=C1CC(O)C(CC)C(O)C1. The van der Waals surface area contributed by atoms with E-state index < -0.39 is 0 Å². The third-order valence-electron chi connectivity index (χ3n) is 2.76. The monoisotopic (exact) mass is 182 g/mol. The van der Waals surface area contributed by atoms with Gasteiger partial charge in [-0.05, 0) is 19.3 Å². The lowest BCUT2D eigenvalue weighted by Gasteiger charge is -2.33. The number of rotatable bonds is 2. The van der Waals surface area contributed by atoms with E-state index in [1.807, 2.05) is 13.0 Å². The molecule has 1 fully saturated rings. The number of hydrogen-bond acceptors (Lipinski definition) is 2. The highest BCUT2D eigenvalue weighted by atomic mass is 16.3. The molecule has 0 aliphatic heterocycles. The fourth-order valence-electron chi connectivity index (χ4n) is 2.03. The third-order valence-corrected chi connectivity index (χ3v) is 2.76. The Kier molecular flexibility index (Phi) is 3.70. The topological polar surface area (TPSA) is 40.5 Å². The lowest BCUT2D eigenvalue weighted by molar-refractivity contribution is -0.00698. The Bertz CT molecular complexity index is 194. The molecule has 2 nitrogen and oxygen atoms in total. The molecule has 0 heterocycles. The molecule has 2 atom stereocenters. The van der Waals surface area contributed by atoms with Crippen molar-refractivity contribution in [3.63, 3.8) is 0 Å². The summed E-state index contributed by atoms with van der Waals surface area (Å²) in [6.45, 7) is 5.60. The predicted octanol–water partition coefficient (Wildman–Crippen LogP) is 1.64. The van der Waals surface area contributed by atoms with Crippen LogP contribution in [0.15, 0.2) is 24.3 Å². The summed E-state index contributed by atoms with van der Waals surface area (Å²) in [5, 5.41) is 19.4. The van der Waals surface area contributed by atoms with Gasteiger partial charge >= 0.3 is 0 Å². The molecule has 0 aromatic rings. The van der Waals surface area contributed by atoms with Gasteiger partial charge in [-0.25, -0.2) is 0 Å². The Morgan fingerprint density at radius 3 is 2.31 bits per heavy atom. The first-order chi connectivity index (χ1) is 6.19. The van der Waals surface area contributed by atoms with Crippen molar-refractivity contribution >= 4 is 0 Å². The van der Waals surface area contributed by atoms with E-state index in [0.717, 1.165) is 12.0 Å². The maximum Gasteiger partial charge on any atom is 0.0630 e. The normalized spacial score (nSPS) is 34.4. The lowest BCUT2D eigenvalue weighted by atomic mass is 9.79.